The van der Waals surface area contributed by atoms with Crippen LogP contribution < -0.4 is 0 Å². The summed E-state index contributed by atoms with van der Waals surface area (Å²) in [4.78, 5) is 27.3. The quantitative estimate of drug-likeness (QED) is 0.199. The largest absolute Gasteiger partial charge is 0.344 e. The Morgan fingerprint density at radius 1 is 0.655 bits per heavy atom. The molecular weight excluding hydrogens is 406 g/mol. The normalized spacial score (nSPS) is 15.9. The molecule has 0 aromatic heterocycles. The van der Waals surface area contributed by atoms with Crippen LogP contribution in [0.2, 0.25) is 0 Å². The molecule has 5 nitrogen and oxygen atoms in total. The van der Waals surface area contributed by atoms with E-state index in [0.717, 1.165) is 44.1 Å². The summed E-state index contributed by atoms with van der Waals surface area (Å²) >= 11 is 0. The molecule has 0 rings (SSSR count). The topological polar surface area (TPSA) is 94.8 Å². The summed E-state index contributed by atoms with van der Waals surface area (Å²) in [5, 5.41) is 0. The van der Waals surface area contributed by atoms with Gasteiger partial charge in [-0.25, -0.2) is 0 Å². The first kappa shape index (κ1) is 28.3. The van der Waals surface area contributed by atoms with Crippen LogP contribution in [-0.4, -0.2) is 26.7 Å². The van der Waals surface area contributed by atoms with Crippen LogP contribution in [0.25, 0.3) is 0 Å². The second kappa shape index (κ2) is 14.3. The van der Waals surface area contributed by atoms with E-state index in [9.17, 15) is 14.0 Å². The molecule has 168 valence electrons. The molecule has 0 aromatic carbocycles. The molecule has 29 heavy (non-hydrogen) atoms. The van der Waals surface area contributed by atoms with Crippen LogP contribution in [0.3, 0.4) is 0 Å². The first-order valence-corrected chi connectivity index (χ1v) is 14.1. The van der Waals surface area contributed by atoms with Gasteiger partial charge in [0.1, 0.15) is 5.90 Å². The molecule has 0 aromatic rings. The summed E-state index contributed by atoms with van der Waals surface area (Å²) in [6, 6.07) is 0. The summed E-state index contributed by atoms with van der Waals surface area (Å²) in [6.07, 6.45) is 15.1. The van der Waals surface area contributed by atoms with Crippen molar-refractivity contribution in [2.24, 2.45) is 0 Å². The Morgan fingerprint density at radius 2 is 1.03 bits per heavy atom. The molecule has 0 heterocycles. The Balaban J connectivity index is 4.20. The van der Waals surface area contributed by atoms with E-state index in [1.165, 1.54) is 16.7 Å². The van der Waals surface area contributed by atoms with E-state index < -0.39 is 20.9 Å². The Hall–Kier alpha value is -0.700. The van der Waals surface area contributed by atoms with Gasteiger partial charge in [-0.2, -0.15) is 0 Å². The molecule has 1 unspecified atom stereocenters. The van der Waals surface area contributed by atoms with Crippen molar-refractivity contribution in [3.63, 3.8) is 0 Å². The predicted octanol–water partition coefficient (Wildman–Crippen LogP) is 6.93. The van der Waals surface area contributed by atoms with Crippen molar-refractivity contribution < 1.29 is 23.8 Å². The molecule has 0 saturated carbocycles. The van der Waals surface area contributed by atoms with Crippen molar-refractivity contribution in [1.29, 1.82) is 0 Å². The van der Waals surface area contributed by atoms with Crippen LogP contribution >= 0.6 is 15.0 Å². The number of hydrogen-bond acceptors (Lipinski definition) is 2. The van der Waals surface area contributed by atoms with Crippen LogP contribution in [0, 0.1) is 0 Å². The average Bonchev–Trinajstić information content (AvgIpc) is 2.51. The van der Waals surface area contributed by atoms with E-state index in [1.807, 2.05) is 13.0 Å². The third kappa shape index (κ3) is 19.0. The zero-order valence-corrected chi connectivity index (χ0v) is 20.5. The van der Waals surface area contributed by atoms with E-state index in [2.05, 4.69) is 45.9 Å². The van der Waals surface area contributed by atoms with Crippen molar-refractivity contribution in [2.45, 2.75) is 79.6 Å². The maximum Gasteiger partial charge on any atom is 0.335 e. The van der Waals surface area contributed by atoms with Crippen LogP contribution in [0.5, 0.6) is 0 Å². The molecule has 0 aliphatic rings. The Morgan fingerprint density at radius 3 is 1.41 bits per heavy atom. The van der Waals surface area contributed by atoms with Gasteiger partial charge in [0.15, 0.2) is 0 Å². The predicted molar refractivity (Wildman–Crippen MR) is 125 cm³/mol. The highest BCUT2D eigenvalue weighted by molar-refractivity contribution is 7.72. The fourth-order valence-corrected chi connectivity index (χ4v) is 6.26. The minimum Gasteiger partial charge on any atom is -0.344 e. The first-order valence-electron chi connectivity index (χ1n) is 10.3. The molecular formula is C22H40O5P2. The van der Waals surface area contributed by atoms with E-state index >= 15 is 0 Å². The van der Waals surface area contributed by atoms with Gasteiger partial charge >= 0.3 is 7.60 Å². The van der Waals surface area contributed by atoms with Crippen molar-refractivity contribution in [3.8, 4) is 0 Å². The van der Waals surface area contributed by atoms with E-state index in [4.69, 9.17) is 9.79 Å². The van der Waals surface area contributed by atoms with Gasteiger partial charge in [-0.05, 0) is 79.6 Å². The first-order chi connectivity index (χ1) is 13.3. The average molecular weight is 447 g/mol. The van der Waals surface area contributed by atoms with E-state index in [0.29, 0.717) is 6.42 Å². The molecule has 3 N–H and O–H groups in total. The van der Waals surface area contributed by atoms with Gasteiger partial charge in [-0.1, -0.05) is 46.6 Å². The lowest BCUT2D eigenvalue weighted by Gasteiger charge is -2.11. The lowest BCUT2D eigenvalue weighted by Crippen LogP contribution is -1.95. The maximum absolute atomic E-state index is 11.8. The molecule has 0 saturated heterocycles. The van der Waals surface area contributed by atoms with E-state index in [1.54, 1.807) is 0 Å². The van der Waals surface area contributed by atoms with Crippen molar-refractivity contribution in [1.82, 2.24) is 0 Å². The third-order valence-corrected chi connectivity index (χ3v) is 8.73. The SMILES string of the molecule is CC(C)=CCCC(C)=CCCC(C)=CCCC(C)=CCCP(=O)(O)CP(=O)(O)O. The highest BCUT2D eigenvalue weighted by atomic mass is 31.2. The van der Waals surface area contributed by atoms with Gasteiger partial charge in [0.05, 0.1) is 0 Å². The fraction of sp³-hybridized carbons (Fsp3) is 0.636. The standard InChI is InChI=1S/C22H40O5P2/c1-19(2)10-6-11-20(3)12-7-13-21(4)14-8-15-22(5)16-9-17-28(23,24)18-29(25,26)27/h10,12,14,16H,6-9,11,13,15,17-18H2,1-5H3,(H,23,24)(H2,25,26,27). The molecule has 0 aliphatic carbocycles. The number of rotatable bonds is 14. The molecule has 0 bridgehead atoms. The van der Waals surface area contributed by atoms with Crippen LogP contribution in [0.4, 0.5) is 0 Å². The van der Waals surface area contributed by atoms with Crippen LogP contribution in [-0.2, 0) is 9.13 Å². The molecule has 0 spiro atoms. The van der Waals surface area contributed by atoms with Gasteiger partial charge < -0.3 is 14.7 Å². The molecule has 1 atom stereocenters. The van der Waals surface area contributed by atoms with E-state index in [-0.39, 0.29) is 6.16 Å². The van der Waals surface area contributed by atoms with Gasteiger partial charge in [0, 0.05) is 6.16 Å². The molecule has 0 radical (unpaired) electrons. The number of allylic oxidation sites excluding steroid dienone is 8. The van der Waals surface area contributed by atoms with Crippen LogP contribution in [0.15, 0.2) is 46.6 Å². The van der Waals surface area contributed by atoms with Crippen LogP contribution in [0.1, 0.15) is 79.6 Å². The lowest BCUT2D eigenvalue weighted by molar-refractivity contribution is 0.376. The second-order valence-electron chi connectivity index (χ2n) is 8.21. The molecule has 7 heteroatoms. The minimum absolute atomic E-state index is 0.0936. The Labute approximate surface area is 177 Å². The highest BCUT2D eigenvalue weighted by Gasteiger charge is 2.28. The smallest absolute Gasteiger partial charge is 0.335 e. The third-order valence-electron chi connectivity index (χ3n) is 4.53. The minimum atomic E-state index is -4.45. The number of hydrogen-bond donors (Lipinski definition) is 3. The summed E-state index contributed by atoms with van der Waals surface area (Å²) in [6.45, 7) is 10.6. The summed E-state index contributed by atoms with van der Waals surface area (Å²) < 4.78 is 22.6. The maximum atomic E-state index is 11.8. The monoisotopic (exact) mass is 446 g/mol. The molecule has 0 aliphatic heterocycles. The van der Waals surface area contributed by atoms with Crippen molar-refractivity contribution >= 4 is 15.0 Å². The fourth-order valence-electron chi connectivity index (χ4n) is 2.86. The van der Waals surface area contributed by atoms with Gasteiger partial charge in [0.25, 0.3) is 0 Å². The summed E-state index contributed by atoms with van der Waals surface area (Å²) in [5.41, 5.74) is 5.30. The highest BCUT2D eigenvalue weighted by Crippen LogP contribution is 2.54. The molecule has 0 fully saturated rings. The summed E-state index contributed by atoms with van der Waals surface area (Å²) in [5.74, 6) is -0.933. The Bertz CT molecular complexity index is 707. The van der Waals surface area contributed by atoms with Gasteiger partial charge in [-0.3, -0.25) is 9.13 Å². The Kier molecular flexibility index (Phi) is 14.0. The zero-order valence-electron chi connectivity index (χ0n) is 18.7. The lowest BCUT2D eigenvalue weighted by atomic mass is 10.0. The molecule has 0 amide bonds. The van der Waals surface area contributed by atoms with Crippen molar-refractivity contribution in [3.05, 3.63) is 46.6 Å². The zero-order chi connectivity index (χ0) is 22.5. The second-order valence-corrected chi connectivity index (χ2v) is 12.8. The van der Waals surface area contributed by atoms with Crippen molar-refractivity contribution in [2.75, 3.05) is 12.1 Å². The van der Waals surface area contributed by atoms with Gasteiger partial charge in [0.2, 0.25) is 7.37 Å². The summed E-state index contributed by atoms with van der Waals surface area (Å²) in [7, 11) is -8.23. The van der Waals surface area contributed by atoms with Gasteiger partial charge in [-0.15, -0.1) is 0 Å².